The van der Waals surface area contributed by atoms with Crippen LogP contribution in [0, 0.1) is 5.41 Å². The predicted molar refractivity (Wildman–Crippen MR) is 121 cm³/mol. The zero-order valence-corrected chi connectivity index (χ0v) is 18.5. The second-order valence-corrected chi connectivity index (χ2v) is 9.40. The lowest BCUT2D eigenvalue weighted by atomic mass is 9.68. The van der Waals surface area contributed by atoms with Crippen LogP contribution in [0.15, 0.2) is 65.4 Å². The Balaban J connectivity index is 1.66. The highest BCUT2D eigenvalue weighted by Crippen LogP contribution is 2.51. The molecule has 1 aliphatic heterocycles. The van der Waals surface area contributed by atoms with Crippen LogP contribution in [0.4, 0.5) is 0 Å². The summed E-state index contributed by atoms with van der Waals surface area (Å²) in [5.74, 6) is -0.824. The van der Waals surface area contributed by atoms with E-state index in [1.807, 2.05) is 36.4 Å². The SMILES string of the molecule is CCOC(=O)c1ccc([C@H]2C3=C(CC(C)(C)CC3=O)NC3=C2C(=O)c2ccccc23)cc1. The van der Waals surface area contributed by atoms with Gasteiger partial charge in [-0.25, -0.2) is 4.79 Å². The van der Waals surface area contributed by atoms with Crippen LogP contribution in [0.1, 0.15) is 71.4 Å². The Bertz CT molecular complexity index is 1230. The Morgan fingerprint density at radius 2 is 1.69 bits per heavy atom. The number of dihydropyridines is 1. The third kappa shape index (κ3) is 3.11. The van der Waals surface area contributed by atoms with E-state index in [9.17, 15) is 14.4 Å². The van der Waals surface area contributed by atoms with Crippen molar-refractivity contribution in [2.75, 3.05) is 6.61 Å². The monoisotopic (exact) mass is 427 g/mol. The predicted octanol–water partition coefficient (Wildman–Crippen LogP) is 4.80. The lowest BCUT2D eigenvalue weighted by Crippen LogP contribution is -2.37. The average Bonchev–Trinajstić information content (AvgIpc) is 3.04. The molecule has 0 radical (unpaired) electrons. The zero-order chi connectivity index (χ0) is 22.6. The molecule has 1 heterocycles. The van der Waals surface area contributed by atoms with Crippen LogP contribution in [0.2, 0.25) is 0 Å². The van der Waals surface area contributed by atoms with Crippen molar-refractivity contribution >= 4 is 23.2 Å². The van der Waals surface area contributed by atoms with Gasteiger partial charge in [-0.3, -0.25) is 9.59 Å². The van der Waals surface area contributed by atoms with Gasteiger partial charge in [0.2, 0.25) is 0 Å². The average molecular weight is 428 g/mol. The number of hydrogen-bond donors (Lipinski definition) is 1. The van der Waals surface area contributed by atoms with Crippen LogP contribution >= 0.6 is 0 Å². The van der Waals surface area contributed by atoms with Crippen molar-refractivity contribution in [3.05, 3.63) is 87.6 Å². The molecule has 0 aromatic heterocycles. The number of ketones is 2. The van der Waals surface area contributed by atoms with Gasteiger partial charge in [0.1, 0.15) is 0 Å². The fourth-order valence-corrected chi connectivity index (χ4v) is 5.15. The van der Waals surface area contributed by atoms with Gasteiger partial charge in [-0.05, 0) is 36.5 Å². The number of Topliss-reactive ketones (excluding diaryl/α,β-unsaturated/α-hetero) is 2. The van der Waals surface area contributed by atoms with E-state index in [4.69, 9.17) is 4.74 Å². The Hall–Kier alpha value is -3.47. The van der Waals surface area contributed by atoms with Gasteiger partial charge in [-0.15, -0.1) is 0 Å². The molecule has 0 saturated heterocycles. The summed E-state index contributed by atoms with van der Waals surface area (Å²) in [5.41, 5.74) is 5.64. The van der Waals surface area contributed by atoms with Gasteiger partial charge in [0, 0.05) is 40.3 Å². The van der Waals surface area contributed by atoms with Gasteiger partial charge in [0.05, 0.1) is 17.9 Å². The Kier molecular flexibility index (Phi) is 4.66. The summed E-state index contributed by atoms with van der Waals surface area (Å²) in [6.07, 6.45) is 1.17. The molecule has 5 nitrogen and oxygen atoms in total. The van der Waals surface area contributed by atoms with E-state index >= 15 is 0 Å². The Labute approximate surface area is 187 Å². The summed E-state index contributed by atoms with van der Waals surface area (Å²) in [5, 5.41) is 3.48. The van der Waals surface area contributed by atoms with E-state index in [-0.39, 0.29) is 23.0 Å². The van der Waals surface area contributed by atoms with Gasteiger partial charge in [-0.2, -0.15) is 0 Å². The first-order valence-corrected chi connectivity index (χ1v) is 11.0. The third-order valence-corrected chi connectivity index (χ3v) is 6.48. The number of ether oxygens (including phenoxy) is 1. The lowest BCUT2D eigenvalue weighted by molar-refractivity contribution is -0.118. The molecule has 0 bridgehead atoms. The third-order valence-electron chi connectivity index (χ3n) is 6.48. The fourth-order valence-electron chi connectivity index (χ4n) is 5.15. The minimum absolute atomic E-state index is 0.0493. The summed E-state index contributed by atoms with van der Waals surface area (Å²) < 4.78 is 5.09. The number of nitrogens with one attached hydrogen (secondary N) is 1. The maximum atomic E-state index is 13.5. The van der Waals surface area contributed by atoms with Gasteiger partial charge >= 0.3 is 5.97 Å². The standard InChI is InChI=1S/C27H25NO4/c1-4-32-26(31)16-11-9-15(10-12-16)21-22-19(13-27(2,3)14-20(22)29)28-24-17-7-5-6-8-18(17)25(30)23(21)24/h5-12,21,28H,4,13-14H2,1-3H3/t21-/m0/s1. The molecule has 5 rings (SSSR count). The molecular weight excluding hydrogens is 402 g/mol. The number of carbonyl (C=O) groups excluding carboxylic acids is 3. The normalized spacial score (nSPS) is 21.0. The van der Waals surface area contributed by atoms with E-state index in [1.54, 1.807) is 19.1 Å². The van der Waals surface area contributed by atoms with E-state index < -0.39 is 5.92 Å². The first kappa shape index (κ1) is 20.4. The molecular formula is C27H25NO4. The molecule has 2 aliphatic carbocycles. The largest absolute Gasteiger partial charge is 0.462 e. The minimum atomic E-state index is -0.457. The second kappa shape index (κ2) is 7.30. The number of benzene rings is 2. The molecule has 1 N–H and O–H groups in total. The molecule has 0 fully saturated rings. The number of fused-ring (bicyclic) bond motifs is 2. The molecule has 32 heavy (non-hydrogen) atoms. The van der Waals surface area contributed by atoms with Crippen molar-refractivity contribution in [3.63, 3.8) is 0 Å². The van der Waals surface area contributed by atoms with E-state index in [0.29, 0.717) is 35.3 Å². The van der Waals surface area contributed by atoms with Crippen LogP contribution in [0.25, 0.3) is 5.70 Å². The maximum Gasteiger partial charge on any atom is 0.338 e. The van der Waals surface area contributed by atoms with Crippen molar-refractivity contribution in [1.82, 2.24) is 5.32 Å². The topological polar surface area (TPSA) is 72.5 Å². The van der Waals surface area contributed by atoms with Gasteiger partial charge in [0.15, 0.2) is 11.6 Å². The summed E-state index contributed by atoms with van der Waals surface area (Å²) in [6, 6.07) is 14.7. The number of esters is 1. The smallest absolute Gasteiger partial charge is 0.338 e. The number of carbonyl (C=O) groups is 3. The summed E-state index contributed by atoms with van der Waals surface area (Å²) in [7, 11) is 0. The van der Waals surface area contributed by atoms with Crippen molar-refractivity contribution in [1.29, 1.82) is 0 Å². The van der Waals surface area contributed by atoms with E-state index in [2.05, 4.69) is 19.2 Å². The molecule has 3 aliphatic rings. The van der Waals surface area contributed by atoms with Crippen LogP contribution in [0.5, 0.6) is 0 Å². The summed E-state index contributed by atoms with van der Waals surface area (Å²) >= 11 is 0. The van der Waals surface area contributed by atoms with E-state index in [1.165, 1.54) is 0 Å². The second-order valence-electron chi connectivity index (χ2n) is 9.40. The van der Waals surface area contributed by atoms with Crippen molar-refractivity contribution in [3.8, 4) is 0 Å². The quantitative estimate of drug-likeness (QED) is 0.713. The van der Waals surface area contributed by atoms with Gasteiger partial charge in [0.25, 0.3) is 0 Å². The fraction of sp³-hybridized carbons (Fsp3) is 0.296. The minimum Gasteiger partial charge on any atom is -0.462 e. The van der Waals surface area contributed by atoms with Crippen LogP contribution < -0.4 is 5.32 Å². The zero-order valence-electron chi connectivity index (χ0n) is 18.5. The van der Waals surface area contributed by atoms with Gasteiger partial charge < -0.3 is 10.1 Å². The van der Waals surface area contributed by atoms with Crippen LogP contribution in [-0.2, 0) is 9.53 Å². The Morgan fingerprint density at radius 3 is 2.38 bits per heavy atom. The molecule has 5 heteroatoms. The summed E-state index contributed by atoms with van der Waals surface area (Å²) in [4.78, 5) is 38.9. The van der Waals surface area contributed by atoms with Crippen molar-refractivity contribution in [2.45, 2.75) is 39.5 Å². The molecule has 0 saturated carbocycles. The molecule has 0 amide bonds. The van der Waals surface area contributed by atoms with Crippen LogP contribution in [0.3, 0.4) is 0 Å². The Morgan fingerprint density at radius 1 is 1.00 bits per heavy atom. The highest BCUT2D eigenvalue weighted by atomic mass is 16.5. The molecule has 162 valence electrons. The van der Waals surface area contributed by atoms with Crippen LogP contribution in [-0.4, -0.2) is 24.1 Å². The maximum absolute atomic E-state index is 13.5. The van der Waals surface area contributed by atoms with Crippen molar-refractivity contribution in [2.24, 2.45) is 5.41 Å². The van der Waals surface area contributed by atoms with Gasteiger partial charge in [-0.1, -0.05) is 50.2 Å². The number of rotatable bonds is 3. The molecule has 2 aromatic carbocycles. The van der Waals surface area contributed by atoms with E-state index in [0.717, 1.165) is 28.9 Å². The lowest BCUT2D eigenvalue weighted by Gasteiger charge is -2.39. The molecule has 0 spiro atoms. The first-order chi connectivity index (χ1) is 15.3. The highest BCUT2D eigenvalue weighted by Gasteiger charge is 2.46. The number of hydrogen-bond acceptors (Lipinski definition) is 5. The first-order valence-electron chi connectivity index (χ1n) is 11.0. The molecule has 0 unspecified atom stereocenters. The highest BCUT2D eigenvalue weighted by molar-refractivity contribution is 6.23. The summed E-state index contributed by atoms with van der Waals surface area (Å²) in [6.45, 7) is 6.26. The molecule has 1 atom stereocenters. The molecule has 2 aromatic rings. The van der Waals surface area contributed by atoms with Crippen molar-refractivity contribution < 1.29 is 19.1 Å². The number of allylic oxidation sites excluding steroid dienone is 3.